The largest absolute Gasteiger partial charge is 0.381 e. The van der Waals surface area contributed by atoms with Gasteiger partial charge in [0.25, 0.3) is 0 Å². The summed E-state index contributed by atoms with van der Waals surface area (Å²) in [5, 5.41) is 0.749. The molecule has 1 aliphatic heterocycles. The molecule has 32 heavy (non-hydrogen) atoms. The van der Waals surface area contributed by atoms with Gasteiger partial charge in [-0.15, -0.1) is 0 Å². The van der Waals surface area contributed by atoms with Crippen LogP contribution in [-0.2, 0) is 4.74 Å². The molecule has 6 heteroatoms. The number of hydrogen-bond acceptors (Lipinski definition) is 4. The van der Waals surface area contributed by atoms with E-state index < -0.39 is 11.6 Å². The zero-order valence-electron chi connectivity index (χ0n) is 18.4. The van der Waals surface area contributed by atoms with Gasteiger partial charge in [-0.25, -0.2) is 8.78 Å². The minimum Gasteiger partial charge on any atom is -0.381 e. The molecule has 0 radical (unpaired) electrons. The van der Waals surface area contributed by atoms with Gasteiger partial charge in [0.1, 0.15) is 11.6 Å². The third-order valence-electron chi connectivity index (χ3n) is 4.83. The Labute approximate surface area is 187 Å². The first-order chi connectivity index (χ1) is 15.5. The van der Waals surface area contributed by atoms with E-state index in [1.54, 1.807) is 18.5 Å². The van der Waals surface area contributed by atoms with Crippen LogP contribution in [0, 0.1) is 25.5 Å². The highest BCUT2D eigenvalue weighted by Gasteiger charge is 2.11. The fourth-order valence-corrected chi connectivity index (χ4v) is 3.19. The van der Waals surface area contributed by atoms with Crippen LogP contribution >= 0.6 is 0 Å². The minimum absolute atomic E-state index is 0.276. The van der Waals surface area contributed by atoms with Gasteiger partial charge in [0.2, 0.25) is 0 Å². The van der Waals surface area contributed by atoms with Gasteiger partial charge in [-0.1, -0.05) is 6.07 Å². The second kappa shape index (κ2) is 12.0. The van der Waals surface area contributed by atoms with Gasteiger partial charge in [0.15, 0.2) is 0 Å². The van der Waals surface area contributed by atoms with Crippen LogP contribution in [-0.4, -0.2) is 28.2 Å². The number of benzene rings is 1. The molecular weight excluding hydrogens is 408 g/mol. The predicted octanol–water partition coefficient (Wildman–Crippen LogP) is 6.46. The van der Waals surface area contributed by atoms with Crippen LogP contribution in [0.25, 0.3) is 22.2 Å². The average molecular weight is 436 g/mol. The van der Waals surface area contributed by atoms with E-state index >= 15 is 0 Å². The van der Waals surface area contributed by atoms with Crippen molar-refractivity contribution in [1.29, 1.82) is 0 Å². The molecule has 3 aromatic heterocycles. The number of pyridine rings is 3. The third-order valence-corrected chi connectivity index (χ3v) is 4.83. The van der Waals surface area contributed by atoms with Gasteiger partial charge in [-0.2, -0.15) is 0 Å². The van der Waals surface area contributed by atoms with E-state index in [1.165, 1.54) is 31.4 Å². The summed E-state index contributed by atoms with van der Waals surface area (Å²) < 4.78 is 31.9. The number of aryl methyl sites for hydroxylation is 2. The number of nitrogens with zero attached hydrogens (tertiary/aromatic N) is 3. The zero-order chi connectivity index (χ0) is 22.8. The lowest BCUT2D eigenvalue weighted by molar-refractivity contribution is 0.0968. The van der Waals surface area contributed by atoms with Crippen LogP contribution in [0.4, 0.5) is 8.78 Å². The molecular formula is C26H27F2N3O. The van der Waals surface area contributed by atoms with Crippen molar-refractivity contribution < 1.29 is 13.5 Å². The van der Waals surface area contributed by atoms with E-state index in [1.807, 2.05) is 44.2 Å². The van der Waals surface area contributed by atoms with E-state index in [-0.39, 0.29) is 5.56 Å². The van der Waals surface area contributed by atoms with Crippen LogP contribution < -0.4 is 0 Å². The molecule has 4 aromatic rings. The van der Waals surface area contributed by atoms with E-state index in [0.29, 0.717) is 5.69 Å². The second-order valence-corrected chi connectivity index (χ2v) is 7.45. The van der Waals surface area contributed by atoms with Crippen molar-refractivity contribution in [2.45, 2.75) is 33.1 Å². The molecule has 4 heterocycles. The average Bonchev–Trinajstić information content (AvgIpc) is 2.81. The van der Waals surface area contributed by atoms with Crippen LogP contribution in [0.2, 0.25) is 0 Å². The lowest BCUT2D eigenvalue weighted by Crippen LogP contribution is -2.03. The van der Waals surface area contributed by atoms with Crippen molar-refractivity contribution in [2.75, 3.05) is 13.2 Å². The van der Waals surface area contributed by atoms with Gasteiger partial charge in [-0.05, 0) is 75.6 Å². The van der Waals surface area contributed by atoms with E-state index in [9.17, 15) is 8.78 Å². The molecule has 0 atom stereocenters. The number of rotatable bonds is 1. The number of halogens is 2. The summed E-state index contributed by atoms with van der Waals surface area (Å²) in [6.07, 6.45) is 7.29. The zero-order valence-corrected chi connectivity index (χ0v) is 18.4. The van der Waals surface area contributed by atoms with Crippen LogP contribution in [0.1, 0.15) is 30.7 Å². The first-order valence-corrected chi connectivity index (χ1v) is 10.7. The summed E-state index contributed by atoms with van der Waals surface area (Å²) in [6, 6.07) is 14.8. The smallest absolute Gasteiger partial charge is 0.135 e. The molecule has 0 amide bonds. The topological polar surface area (TPSA) is 47.9 Å². The standard InChI is InChI=1S/C15H10F2N2.C6H7N.C5H10O/c1-9-2-4-12-14(19-9)6-7-18-15(12)11-5-3-10(16)8-13(11)17;1-6-4-2-3-5-7-6;1-2-4-6-5-3-1/h2-8H,1H3;2-5H,1H3;1-5H2. The van der Waals surface area contributed by atoms with Crippen molar-refractivity contribution >= 4 is 10.9 Å². The molecule has 4 nitrogen and oxygen atoms in total. The van der Waals surface area contributed by atoms with Crippen molar-refractivity contribution in [3.05, 3.63) is 90.0 Å². The summed E-state index contributed by atoms with van der Waals surface area (Å²) >= 11 is 0. The molecule has 166 valence electrons. The molecule has 0 bridgehead atoms. The Morgan fingerprint density at radius 1 is 0.781 bits per heavy atom. The Balaban J connectivity index is 0.000000181. The maximum atomic E-state index is 13.8. The van der Waals surface area contributed by atoms with Gasteiger partial charge >= 0.3 is 0 Å². The molecule has 1 aromatic carbocycles. The number of aromatic nitrogens is 3. The molecule has 5 rings (SSSR count). The quantitative estimate of drug-likeness (QED) is 0.344. The summed E-state index contributed by atoms with van der Waals surface area (Å²) in [6.45, 7) is 5.86. The minimum atomic E-state index is -0.624. The Hall–Kier alpha value is -3.25. The second-order valence-electron chi connectivity index (χ2n) is 7.45. The van der Waals surface area contributed by atoms with Crippen LogP contribution in [0.3, 0.4) is 0 Å². The first-order valence-electron chi connectivity index (χ1n) is 10.7. The van der Waals surface area contributed by atoms with Crippen molar-refractivity contribution in [1.82, 2.24) is 15.0 Å². The monoisotopic (exact) mass is 435 g/mol. The highest BCUT2D eigenvalue weighted by molar-refractivity contribution is 5.92. The van der Waals surface area contributed by atoms with E-state index in [4.69, 9.17) is 4.74 Å². The summed E-state index contributed by atoms with van der Waals surface area (Å²) in [4.78, 5) is 12.5. The molecule has 1 fully saturated rings. The molecule has 0 unspecified atom stereocenters. The van der Waals surface area contributed by atoms with Gasteiger partial charge in [0.05, 0.1) is 11.2 Å². The molecule has 0 spiro atoms. The fourth-order valence-electron chi connectivity index (χ4n) is 3.19. The fraction of sp³-hybridized carbons (Fsp3) is 0.269. The molecule has 0 N–H and O–H groups in total. The first kappa shape index (κ1) is 23.4. The Bertz CT molecular complexity index is 1120. The molecule has 0 saturated carbocycles. The highest BCUT2D eigenvalue weighted by atomic mass is 19.1. The van der Waals surface area contributed by atoms with Gasteiger partial charge in [0, 0.05) is 54.0 Å². The Morgan fingerprint density at radius 3 is 2.16 bits per heavy atom. The predicted molar refractivity (Wildman–Crippen MR) is 123 cm³/mol. The van der Waals surface area contributed by atoms with E-state index in [0.717, 1.165) is 41.6 Å². The van der Waals surface area contributed by atoms with Crippen molar-refractivity contribution in [2.24, 2.45) is 0 Å². The third kappa shape index (κ3) is 6.89. The van der Waals surface area contributed by atoms with E-state index in [2.05, 4.69) is 15.0 Å². The highest BCUT2D eigenvalue weighted by Crippen LogP contribution is 2.28. The van der Waals surface area contributed by atoms with Crippen LogP contribution in [0.15, 0.2) is 67.0 Å². The summed E-state index contributed by atoms with van der Waals surface area (Å²) in [5.74, 6) is -1.23. The molecule has 1 saturated heterocycles. The maximum Gasteiger partial charge on any atom is 0.135 e. The lowest BCUT2D eigenvalue weighted by Gasteiger charge is -2.08. The number of fused-ring (bicyclic) bond motifs is 1. The summed E-state index contributed by atoms with van der Waals surface area (Å²) in [7, 11) is 0. The van der Waals surface area contributed by atoms with Gasteiger partial charge < -0.3 is 4.74 Å². The molecule has 0 aliphatic carbocycles. The maximum absolute atomic E-state index is 13.8. The Kier molecular flexibility index (Phi) is 8.75. The SMILES string of the molecule is C1CCOCC1.Cc1ccc2c(-c3ccc(F)cc3F)nccc2n1.Cc1ccccn1. The molecule has 1 aliphatic rings. The lowest BCUT2D eigenvalue weighted by atomic mass is 10.1. The summed E-state index contributed by atoms with van der Waals surface area (Å²) in [5.41, 5.74) is 3.45. The number of ether oxygens (including phenoxy) is 1. The van der Waals surface area contributed by atoms with Crippen molar-refractivity contribution in [3.63, 3.8) is 0 Å². The number of hydrogen-bond donors (Lipinski definition) is 0. The Morgan fingerprint density at radius 2 is 1.59 bits per heavy atom. The van der Waals surface area contributed by atoms with Crippen LogP contribution in [0.5, 0.6) is 0 Å². The van der Waals surface area contributed by atoms with Crippen molar-refractivity contribution in [3.8, 4) is 11.3 Å². The van der Waals surface area contributed by atoms with Gasteiger partial charge in [-0.3, -0.25) is 15.0 Å². The normalized spacial score (nSPS) is 12.9.